The Morgan fingerprint density at radius 1 is 1.05 bits per heavy atom. The highest BCUT2D eigenvalue weighted by atomic mass is 16.9. The molecule has 6 nitrogen and oxygen atoms in total. The lowest BCUT2D eigenvalue weighted by Crippen LogP contribution is -2.37. The Morgan fingerprint density at radius 2 is 1.82 bits per heavy atom. The number of hydrogen-bond acceptors (Lipinski definition) is 6. The maximum absolute atomic E-state index is 10.1. The smallest absolute Gasteiger partial charge is 0.190 e. The highest BCUT2D eigenvalue weighted by Gasteiger charge is 2.62. The van der Waals surface area contributed by atoms with E-state index in [1.807, 2.05) is 44.2 Å². The third-order valence-electron chi connectivity index (χ3n) is 4.21. The fourth-order valence-electron chi connectivity index (χ4n) is 3.27. The second kappa shape index (κ2) is 5.26. The molecule has 0 aromatic heterocycles. The number of benzene rings is 1. The lowest BCUT2D eigenvalue weighted by atomic mass is 10.1. The zero-order chi connectivity index (χ0) is 15.3. The van der Waals surface area contributed by atoms with Crippen molar-refractivity contribution >= 4 is 0 Å². The molecule has 22 heavy (non-hydrogen) atoms. The van der Waals surface area contributed by atoms with Crippen molar-refractivity contribution in [3.05, 3.63) is 35.9 Å². The van der Waals surface area contributed by atoms with Gasteiger partial charge in [0.15, 0.2) is 18.4 Å². The van der Waals surface area contributed by atoms with Crippen molar-refractivity contribution in [1.29, 1.82) is 0 Å². The number of ether oxygens (including phenoxy) is 5. The van der Waals surface area contributed by atoms with E-state index in [2.05, 4.69) is 0 Å². The van der Waals surface area contributed by atoms with Crippen LogP contribution in [-0.2, 0) is 30.3 Å². The molecule has 3 heterocycles. The maximum Gasteiger partial charge on any atom is 0.190 e. The first-order valence-electron chi connectivity index (χ1n) is 7.54. The first-order valence-corrected chi connectivity index (χ1v) is 7.54. The molecule has 0 bridgehead atoms. The van der Waals surface area contributed by atoms with Gasteiger partial charge in [-0.25, -0.2) is 0 Å². The van der Waals surface area contributed by atoms with Gasteiger partial charge in [-0.05, 0) is 19.4 Å². The molecule has 6 heteroatoms. The van der Waals surface area contributed by atoms with Crippen molar-refractivity contribution in [2.45, 2.75) is 63.2 Å². The average molecular weight is 308 g/mol. The minimum absolute atomic E-state index is 0.333. The van der Waals surface area contributed by atoms with Crippen molar-refractivity contribution in [3.8, 4) is 0 Å². The normalized spacial score (nSPS) is 42.3. The van der Waals surface area contributed by atoms with Crippen molar-refractivity contribution in [2.24, 2.45) is 0 Å². The van der Waals surface area contributed by atoms with Gasteiger partial charge in [-0.3, -0.25) is 0 Å². The van der Waals surface area contributed by atoms with Crippen molar-refractivity contribution < 1.29 is 28.8 Å². The third kappa shape index (κ3) is 2.46. The highest BCUT2D eigenvalue weighted by molar-refractivity contribution is 5.13. The monoisotopic (exact) mass is 308 g/mol. The van der Waals surface area contributed by atoms with Crippen LogP contribution in [0.1, 0.15) is 19.4 Å². The summed E-state index contributed by atoms with van der Waals surface area (Å²) in [5.41, 5.74) is 1.03. The van der Waals surface area contributed by atoms with Crippen LogP contribution in [0, 0.1) is 0 Å². The minimum atomic E-state index is -1.02. The van der Waals surface area contributed by atoms with Crippen LogP contribution in [-0.4, -0.2) is 47.9 Å². The molecule has 0 spiro atoms. The fraction of sp³-hybridized carbons (Fsp3) is 0.625. The Labute approximate surface area is 128 Å². The van der Waals surface area contributed by atoms with E-state index in [9.17, 15) is 5.11 Å². The summed E-state index contributed by atoms with van der Waals surface area (Å²) in [6, 6.07) is 9.79. The standard InChI is InChI=1S/C16H20O6/c1-16(2)21-13-11-10(20-15(13)22-16)12(14(17)19-11)18-8-9-6-4-3-5-7-9/h3-7,10-15,17H,8H2,1-2H3/t10-,11-,12-,13+,14?,15+/m0/s1. The van der Waals surface area contributed by atoms with Crippen LogP contribution >= 0.6 is 0 Å². The van der Waals surface area contributed by atoms with Gasteiger partial charge in [-0.1, -0.05) is 30.3 Å². The lowest BCUT2D eigenvalue weighted by Gasteiger charge is -2.23. The van der Waals surface area contributed by atoms with Gasteiger partial charge >= 0.3 is 0 Å². The first-order chi connectivity index (χ1) is 10.5. The molecular formula is C16H20O6. The third-order valence-corrected chi connectivity index (χ3v) is 4.21. The fourth-order valence-corrected chi connectivity index (χ4v) is 3.27. The Balaban J connectivity index is 1.43. The topological polar surface area (TPSA) is 66.4 Å². The van der Waals surface area contributed by atoms with Gasteiger partial charge in [0.2, 0.25) is 0 Å². The van der Waals surface area contributed by atoms with Gasteiger partial charge in [-0.2, -0.15) is 0 Å². The van der Waals surface area contributed by atoms with Gasteiger partial charge in [0, 0.05) is 0 Å². The van der Waals surface area contributed by atoms with Crippen molar-refractivity contribution in [1.82, 2.24) is 0 Å². The average Bonchev–Trinajstić information content (AvgIpc) is 3.05. The lowest BCUT2D eigenvalue weighted by molar-refractivity contribution is -0.218. The van der Waals surface area contributed by atoms with Crippen LogP contribution in [0.15, 0.2) is 30.3 Å². The predicted molar refractivity (Wildman–Crippen MR) is 74.6 cm³/mol. The van der Waals surface area contributed by atoms with E-state index in [0.29, 0.717) is 6.61 Å². The molecule has 0 amide bonds. The van der Waals surface area contributed by atoms with Crippen molar-refractivity contribution in [3.63, 3.8) is 0 Å². The zero-order valence-corrected chi connectivity index (χ0v) is 12.5. The molecule has 1 N–H and O–H groups in total. The molecule has 0 aliphatic carbocycles. The quantitative estimate of drug-likeness (QED) is 0.904. The van der Waals surface area contributed by atoms with Crippen LogP contribution < -0.4 is 0 Å². The predicted octanol–water partition coefficient (Wildman–Crippen LogP) is 1.17. The van der Waals surface area contributed by atoms with E-state index in [4.69, 9.17) is 23.7 Å². The summed E-state index contributed by atoms with van der Waals surface area (Å²) in [7, 11) is 0. The minimum Gasteiger partial charge on any atom is -0.366 e. The summed E-state index contributed by atoms with van der Waals surface area (Å²) in [5.74, 6) is -0.697. The summed E-state index contributed by atoms with van der Waals surface area (Å²) in [5, 5.41) is 10.1. The second-order valence-corrected chi connectivity index (χ2v) is 6.32. The molecular weight excluding hydrogens is 288 g/mol. The van der Waals surface area contributed by atoms with Crippen LogP contribution in [0.2, 0.25) is 0 Å². The zero-order valence-electron chi connectivity index (χ0n) is 12.5. The molecule has 3 aliphatic rings. The number of rotatable bonds is 3. The van der Waals surface area contributed by atoms with Gasteiger partial charge in [0.05, 0.1) is 6.61 Å². The van der Waals surface area contributed by atoms with E-state index in [-0.39, 0.29) is 18.3 Å². The van der Waals surface area contributed by atoms with Crippen LogP contribution in [0.5, 0.6) is 0 Å². The Kier molecular flexibility index (Phi) is 3.48. The molecule has 0 saturated carbocycles. The maximum atomic E-state index is 10.1. The summed E-state index contributed by atoms with van der Waals surface area (Å²) in [6.07, 6.45) is -3.13. The van der Waals surface area contributed by atoms with Gasteiger partial charge in [0.25, 0.3) is 0 Å². The summed E-state index contributed by atoms with van der Waals surface area (Å²) >= 11 is 0. The molecule has 3 fully saturated rings. The molecule has 120 valence electrons. The van der Waals surface area contributed by atoms with E-state index in [0.717, 1.165) is 5.56 Å². The Hall–Kier alpha value is -1.02. The second-order valence-electron chi connectivity index (χ2n) is 6.32. The number of fused-ring (bicyclic) bond motifs is 3. The largest absolute Gasteiger partial charge is 0.366 e. The molecule has 1 aromatic carbocycles. The van der Waals surface area contributed by atoms with Gasteiger partial charge in [-0.15, -0.1) is 0 Å². The number of hydrogen-bond donors (Lipinski definition) is 1. The van der Waals surface area contributed by atoms with Crippen LogP contribution in [0.3, 0.4) is 0 Å². The van der Waals surface area contributed by atoms with E-state index in [1.54, 1.807) is 0 Å². The van der Waals surface area contributed by atoms with Crippen molar-refractivity contribution in [2.75, 3.05) is 0 Å². The SMILES string of the molecule is CC1(C)O[C@H]2O[C@H]3[C@H](OC(O)[C@H]3OCc3ccccc3)[C@H]2O1. The van der Waals surface area contributed by atoms with E-state index in [1.165, 1.54) is 0 Å². The van der Waals surface area contributed by atoms with Crippen LogP contribution in [0.25, 0.3) is 0 Å². The molecule has 3 saturated heterocycles. The summed E-state index contributed by atoms with van der Waals surface area (Å²) < 4.78 is 28.8. The van der Waals surface area contributed by atoms with E-state index < -0.39 is 24.5 Å². The van der Waals surface area contributed by atoms with Crippen LogP contribution in [0.4, 0.5) is 0 Å². The number of aliphatic hydroxyl groups is 1. The number of aliphatic hydroxyl groups excluding tert-OH is 1. The Morgan fingerprint density at radius 3 is 2.59 bits per heavy atom. The Bertz CT molecular complexity index is 533. The first kappa shape index (κ1) is 14.6. The molecule has 1 unspecified atom stereocenters. The van der Waals surface area contributed by atoms with Gasteiger partial charge < -0.3 is 28.8 Å². The summed E-state index contributed by atoms with van der Waals surface area (Å²) in [4.78, 5) is 0. The van der Waals surface area contributed by atoms with E-state index >= 15 is 0 Å². The molecule has 1 aromatic rings. The van der Waals surface area contributed by atoms with Gasteiger partial charge in [0.1, 0.15) is 24.4 Å². The molecule has 4 rings (SSSR count). The highest BCUT2D eigenvalue weighted by Crippen LogP contribution is 2.44. The summed E-state index contributed by atoms with van der Waals surface area (Å²) in [6.45, 7) is 4.05. The molecule has 3 aliphatic heterocycles. The molecule has 6 atom stereocenters. The molecule has 0 radical (unpaired) electrons.